The first-order valence-electron chi connectivity index (χ1n) is 22.4. The fraction of sp³-hybridized carbons (Fsp3) is 0.500. The van der Waals surface area contributed by atoms with Gasteiger partial charge in [-0.3, -0.25) is 9.59 Å². The van der Waals surface area contributed by atoms with Crippen molar-refractivity contribution >= 4 is 19.5 Å². The van der Waals surface area contributed by atoms with E-state index in [1.54, 1.807) is 0 Å². The molecule has 340 valence electrons. The van der Waals surface area contributed by atoms with E-state index in [9.17, 15) is 19.0 Å². The highest BCUT2D eigenvalue weighted by atomic mass is 31.2. The molecule has 9 heteroatoms. The molecule has 0 fully saturated rings. The molecule has 0 aliphatic heterocycles. The second-order valence-electron chi connectivity index (χ2n) is 15.3. The monoisotopic (exact) mass is 862 g/mol. The van der Waals surface area contributed by atoms with Crippen molar-refractivity contribution in [2.24, 2.45) is 0 Å². The summed E-state index contributed by atoms with van der Waals surface area (Å²) in [5.74, 6) is -0.983. The number of carbonyl (C=O) groups is 2. The maximum atomic E-state index is 12.7. The average molecular weight is 862 g/mol. The largest absolute Gasteiger partial charge is 0.778 e. The minimum Gasteiger partial charge on any atom is -0.778 e. The zero-order valence-corrected chi connectivity index (χ0v) is 39.2. The number of esters is 2. The lowest BCUT2D eigenvalue weighted by Crippen LogP contribution is -2.38. The van der Waals surface area contributed by atoms with E-state index in [0.717, 1.165) is 77.0 Å². The molecule has 0 aliphatic carbocycles. The van der Waals surface area contributed by atoms with Crippen molar-refractivity contribution in [2.75, 3.05) is 47.1 Å². The molecule has 0 heterocycles. The quantitative estimate of drug-likeness (QED) is 0.0265. The van der Waals surface area contributed by atoms with Gasteiger partial charge >= 0.3 is 11.9 Å². The number of carbonyl (C=O) groups excluding carboxylic acids is 2. The van der Waals surface area contributed by atoms with Crippen LogP contribution < -0.4 is 4.89 Å². The van der Waals surface area contributed by atoms with Gasteiger partial charge in [0.15, 0.2) is 6.10 Å². The lowest BCUT2D eigenvalue weighted by Gasteiger charge is -2.30. The fourth-order valence-corrected chi connectivity index (χ4v) is 6.35. The number of rotatable bonds is 37. The molecule has 0 saturated heterocycles. The zero-order valence-electron chi connectivity index (χ0n) is 38.3. The van der Waals surface area contributed by atoms with Crippen LogP contribution in [0.1, 0.15) is 117 Å². The standard InChI is InChI=1S/C52H80NO7P/c1-6-8-10-12-14-16-18-20-22-24-26-28-30-32-34-36-38-40-42-44-51(54)58-48-50(49-59-61(56,57)47-46-53(3,4)5)60-52(55)45-43-41-39-37-35-33-31-29-27-25-23-21-19-17-15-13-11-9-7-2/h8-11,14-17,20-23,26-29,32-35,38-41,50H,6-7,12-13,18-19,24-25,30-31,36-37,42-49H2,1-5H3/b10-8+,11-9+,16-14+,17-15+,22-20+,23-21+,28-26+,29-27+,34-32+,35-33+,40-38+,41-39+. The van der Waals surface area contributed by atoms with Crippen LogP contribution in [0.4, 0.5) is 0 Å². The highest BCUT2D eigenvalue weighted by molar-refractivity contribution is 7.51. The summed E-state index contributed by atoms with van der Waals surface area (Å²) in [6.45, 7) is 3.94. The van der Waals surface area contributed by atoms with Crippen LogP contribution in [0.5, 0.6) is 0 Å². The highest BCUT2D eigenvalue weighted by Gasteiger charge is 2.22. The van der Waals surface area contributed by atoms with Gasteiger partial charge in [-0.1, -0.05) is 160 Å². The Balaban J connectivity index is 4.59. The average Bonchev–Trinajstić information content (AvgIpc) is 3.22. The summed E-state index contributed by atoms with van der Waals surface area (Å²) >= 11 is 0. The molecule has 0 bridgehead atoms. The SMILES string of the molecule is CC/C=C/C/C=C/C/C=C/C/C=C/C/C=C/C/C=C/CCC(=O)OCC(COP(=O)([O-])CC[N+](C)(C)C)OC(=O)CC/C=C/C/C=C/C/C=C/C/C=C/C/C=C/C/C=C/CC. The van der Waals surface area contributed by atoms with E-state index in [0.29, 0.717) is 23.9 Å². The second-order valence-corrected chi connectivity index (χ2v) is 17.3. The first kappa shape index (κ1) is 56.9. The molecule has 0 N–H and O–H groups in total. The summed E-state index contributed by atoms with van der Waals surface area (Å²) in [7, 11) is 1.48. The Morgan fingerprint density at radius 1 is 0.492 bits per heavy atom. The molecule has 0 saturated carbocycles. The molecular weight excluding hydrogens is 782 g/mol. The van der Waals surface area contributed by atoms with Crippen molar-refractivity contribution < 1.29 is 37.5 Å². The van der Waals surface area contributed by atoms with Gasteiger partial charge in [-0.25, -0.2) is 0 Å². The molecule has 0 spiro atoms. The number of allylic oxidation sites excluding steroid dienone is 24. The Labute approximate surface area is 371 Å². The molecule has 0 radical (unpaired) electrons. The van der Waals surface area contributed by atoms with Crippen LogP contribution in [0.3, 0.4) is 0 Å². The van der Waals surface area contributed by atoms with Crippen LogP contribution in [-0.4, -0.2) is 69.6 Å². The Hall–Kier alpha value is -4.07. The molecule has 2 unspecified atom stereocenters. The van der Waals surface area contributed by atoms with Crippen LogP contribution in [0.15, 0.2) is 146 Å². The van der Waals surface area contributed by atoms with Crippen molar-refractivity contribution in [3.05, 3.63) is 146 Å². The van der Waals surface area contributed by atoms with Crippen molar-refractivity contribution in [2.45, 2.75) is 123 Å². The number of hydrogen-bond acceptors (Lipinski definition) is 7. The highest BCUT2D eigenvalue weighted by Crippen LogP contribution is 2.37. The molecule has 0 rings (SSSR count). The van der Waals surface area contributed by atoms with Gasteiger partial charge in [0.25, 0.3) is 0 Å². The van der Waals surface area contributed by atoms with E-state index in [4.69, 9.17) is 14.0 Å². The third-order valence-corrected chi connectivity index (χ3v) is 9.74. The first-order chi connectivity index (χ1) is 29.5. The van der Waals surface area contributed by atoms with E-state index in [1.807, 2.05) is 45.4 Å². The van der Waals surface area contributed by atoms with E-state index in [1.165, 1.54) is 0 Å². The summed E-state index contributed by atoms with van der Waals surface area (Å²) in [6.07, 6.45) is 62.2. The summed E-state index contributed by atoms with van der Waals surface area (Å²) in [6, 6.07) is 0. The lowest BCUT2D eigenvalue weighted by molar-refractivity contribution is -0.868. The molecule has 0 aromatic carbocycles. The minimum absolute atomic E-state index is 0.103. The van der Waals surface area contributed by atoms with Gasteiger partial charge in [-0.05, 0) is 89.9 Å². The lowest BCUT2D eigenvalue weighted by atomic mass is 10.2. The normalized spacial score (nSPS) is 14.9. The maximum absolute atomic E-state index is 12.7. The minimum atomic E-state index is -4.19. The van der Waals surface area contributed by atoms with Crippen LogP contribution >= 0.6 is 7.60 Å². The molecule has 8 nitrogen and oxygen atoms in total. The van der Waals surface area contributed by atoms with Crippen molar-refractivity contribution in [3.63, 3.8) is 0 Å². The van der Waals surface area contributed by atoms with Gasteiger partial charge in [0.1, 0.15) is 14.2 Å². The van der Waals surface area contributed by atoms with Crippen LogP contribution in [0, 0.1) is 0 Å². The molecular formula is C52H80NO7P. The third kappa shape index (κ3) is 45.3. The Morgan fingerprint density at radius 3 is 1.13 bits per heavy atom. The van der Waals surface area contributed by atoms with Gasteiger partial charge < -0.3 is 27.9 Å². The summed E-state index contributed by atoms with van der Waals surface area (Å²) < 4.78 is 29.1. The Kier molecular flexibility index (Phi) is 38.5. The van der Waals surface area contributed by atoms with Crippen molar-refractivity contribution in [1.29, 1.82) is 0 Å². The van der Waals surface area contributed by atoms with E-state index >= 15 is 0 Å². The fourth-order valence-electron chi connectivity index (χ4n) is 4.98. The van der Waals surface area contributed by atoms with Crippen molar-refractivity contribution in [3.8, 4) is 0 Å². The van der Waals surface area contributed by atoms with Gasteiger partial charge in [0, 0.05) is 12.8 Å². The number of hydrogen-bond donors (Lipinski definition) is 0. The van der Waals surface area contributed by atoms with Gasteiger partial charge in [-0.15, -0.1) is 0 Å². The van der Waals surface area contributed by atoms with Crippen LogP contribution in [0.25, 0.3) is 0 Å². The van der Waals surface area contributed by atoms with E-state index in [2.05, 4.69) is 135 Å². The molecule has 61 heavy (non-hydrogen) atoms. The smallest absolute Gasteiger partial charge is 0.306 e. The number of nitrogens with zero attached hydrogens (tertiary/aromatic N) is 1. The number of ether oxygens (including phenoxy) is 2. The molecule has 0 amide bonds. The first-order valence-corrected chi connectivity index (χ1v) is 24.1. The summed E-state index contributed by atoms with van der Waals surface area (Å²) in [5, 5.41) is 0. The van der Waals surface area contributed by atoms with Crippen LogP contribution in [-0.2, 0) is 28.2 Å². The summed E-state index contributed by atoms with van der Waals surface area (Å²) in [5.41, 5.74) is 0. The molecule has 0 aromatic rings. The Morgan fingerprint density at radius 2 is 0.803 bits per heavy atom. The van der Waals surface area contributed by atoms with E-state index < -0.39 is 32.2 Å². The second kappa shape index (κ2) is 41.3. The zero-order chi connectivity index (χ0) is 45.0. The predicted octanol–water partition coefficient (Wildman–Crippen LogP) is 12.7. The van der Waals surface area contributed by atoms with Crippen molar-refractivity contribution in [1.82, 2.24) is 0 Å². The number of quaternary nitrogens is 1. The summed E-state index contributed by atoms with van der Waals surface area (Å²) in [4.78, 5) is 37.7. The molecule has 0 aromatic heterocycles. The topological polar surface area (TPSA) is 102 Å². The van der Waals surface area contributed by atoms with Gasteiger partial charge in [0.2, 0.25) is 0 Å². The van der Waals surface area contributed by atoms with Crippen LogP contribution in [0.2, 0.25) is 0 Å². The van der Waals surface area contributed by atoms with E-state index in [-0.39, 0.29) is 25.6 Å². The predicted molar refractivity (Wildman–Crippen MR) is 257 cm³/mol. The molecule has 0 aliphatic rings. The molecule has 2 atom stereocenters. The third-order valence-electron chi connectivity index (χ3n) is 8.45. The maximum Gasteiger partial charge on any atom is 0.306 e. The van der Waals surface area contributed by atoms with Gasteiger partial charge in [-0.2, -0.15) is 0 Å². The Bertz CT molecular complexity index is 1530. The van der Waals surface area contributed by atoms with Gasteiger partial charge in [0.05, 0.1) is 40.5 Å².